The number of ketones is 1. The van der Waals surface area contributed by atoms with Crippen LogP contribution < -0.4 is 5.32 Å². The molecule has 1 amide bonds. The smallest absolute Gasteiger partial charge is 0.357 e. The van der Waals surface area contributed by atoms with Crippen LogP contribution in [0.3, 0.4) is 0 Å². The van der Waals surface area contributed by atoms with Crippen LogP contribution in [0.5, 0.6) is 0 Å². The van der Waals surface area contributed by atoms with E-state index in [1.807, 2.05) is 32.0 Å². The number of aromatic nitrogens is 1. The molecular weight excluding hydrogens is 368 g/mol. The van der Waals surface area contributed by atoms with Crippen molar-refractivity contribution in [3.63, 3.8) is 0 Å². The topological polar surface area (TPSA) is 85.4 Å². The number of pyridine rings is 1. The summed E-state index contributed by atoms with van der Waals surface area (Å²) in [4.78, 5) is 40.5. The van der Waals surface area contributed by atoms with Gasteiger partial charge in [-0.2, -0.15) is 0 Å². The molecule has 0 unspecified atom stereocenters. The quantitative estimate of drug-likeness (QED) is 0.481. The van der Waals surface area contributed by atoms with Crippen LogP contribution in [0.4, 0.5) is 5.69 Å². The van der Waals surface area contributed by atoms with Gasteiger partial charge in [0.15, 0.2) is 12.4 Å². The molecule has 1 aromatic heterocycles. The standard InChI is InChI=1S/C23H22N2O4/c1-15(2)13-22(27)24-18-10-7-17(8-11-18)21(26)14-29-23(28)20-12-9-16-5-3-4-6-19(16)25-20/h3-12,15H,13-14H2,1-2H3,(H,24,27). The van der Waals surface area contributed by atoms with E-state index in [4.69, 9.17) is 4.74 Å². The van der Waals surface area contributed by atoms with Crippen LogP contribution in [0.25, 0.3) is 10.9 Å². The zero-order chi connectivity index (χ0) is 20.8. The minimum atomic E-state index is -0.651. The fourth-order valence-electron chi connectivity index (χ4n) is 2.79. The van der Waals surface area contributed by atoms with Gasteiger partial charge in [0.25, 0.3) is 0 Å². The second-order valence-corrected chi connectivity index (χ2v) is 7.11. The summed E-state index contributed by atoms with van der Waals surface area (Å²) in [6, 6.07) is 17.3. The van der Waals surface area contributed by atoms with Crippen LogP contribution in [-0.4, -0.2) is 29.3 Å². The predicted molar refractivity (Wildman–Crippen MR) is 111 cm³/mol. The molecule has 0 fully saturated rings. The van der Waals surface area contributed by atoms with Crippen molar-refractivity contribution in [2.45, 2.75) is 20.3 Å². The highest BCUT2D eigenvalue weighted by Gasteiger charge is 2.14. The van der Waals surface area contributed by atoms with E-state index in [1.54, 1.807) is 42.5 Å². The lowest BCUT2D eigenvalue weighted by Crippen LogP contribution is -2.16. The number of anilines is 1. The third-order valence-electron chi connectivity index (χ3n) is 4.23. The molecule has 6 heteroatoms. The molecule has 148 valence electrons. The molecule has 6 nitrogen and oxygen atoms in total. The van der Waals surface area contributed by atoms with Gasteiger partial charge in [0.2, 0.25) is 5.91 Å². The van der Waals surface area contributed by atoms with Crippen LogP contribution in [0, 0.1) is 5.92 Å². The van der Waals surface area contributed by atoms with Crippen molar-refractivity contribution in [1.82, 2.24) is 4.98 Å². The molecule has 3 aromatic rings. The van der Waals surface area contributed by atoms with E-state index in [0.717, 1.165) is 5.39 Å². The molecule has 29 heavy (non-hydrogen) atoms. The van der Waals surface area contributed by atoms with Crippen LogP contribution in [0.2, 0.25) is 0 Å². The number of benzene rings is 2. The number of hydrogen-bond donors (Lipinski definition) is 1. The normalized spacial score (nSPS) is 10.7. The van der Waals surface area contributed by atoms with Crippen LogP contribution in [-0.2, 0) is 9.53 Å². The Morgan fingerprint density at radius 2 is 1.69 bits per heavy atom. The lowest BCUT2D eigenvalue weighted by Gasteiger charge is -2.08. The maximum absolute atomic E-state index is 12.3. The summed E-state index contributed by atoms with van der Waals surface area (Å²) in [6.45, 7) is 3.55. The fourth-order valence-corrected chi connectivity index (χ4v) is 2.79. The predicted octanol–water partition coefficient (Wildman–Crippen LogP) is 4.26. The van der Waals surface area contributed by atoms with E-state index in [2.05, 4.69) is 10.3 Å². The van der Waals surface area contributed by atoms with Crippen molar-refractivity contribution in [3.05, 3.63) is 71.9 Å². The van der Waals surface area contributed by atoms with Crippen LogP contribution >= 0.6 is 0 Å². The van der Waals surface area contributed by atoms with Gasteiger partial charge < -0.3 is 10.1 Å². The highest BCUT2D eigenvalue weighted by molar-refractivity contribution is 6.00. The number of para-hydroxylation sites is 1. The number of esters is 1. The average molecular weight is 390 g/mol. The van der Waals surface area contributed by atoms with Gasteiger partial charge in [0, 0.05) is 23.1 Å². The second-order valence-electron chi connectivity index (χ2n) is 7.11. The Balaban J connectivity index is 1.56. The van der Waals surface area contributed by atoms with Gasteiger partial charge in [-0.25, -0.2) is 9.78 Å². The molecule has 1 heterocycles. The zero-order valence-corrected chi connectivity index (χ0v) is 16.3. The summed E-state index contributed by atoms with van der Waals surface area (Å²) in [5, 5.41) is 3.70. The summed E-state index contributed by atoms with van der Waals surface area (Å²) in [7, 11) is 0. The molecule has 1 N–H and O–H groups in total. The molecule has 0 saturated carbocycles. The van der Waals surface area contributed by atoms with Gasteiger partial charge in [-0.3, -0.25) is 9.59 Å². The number of carbonyl (C=O) groups excluding carboxylic acids is 3. The van der Waals surface area contributed by atoms with Crippen molar-refractivity contribution in [2.75, 3.05) is 11.9 Å². The van der Waals surface area contributed by atoms with Gasteiger partial charge in [0.1, 0.15) is 5.69 Å². The summed E-state index contributed by atoms with van der Waals surface area (Å²) in [5.41, 5.74) is 1.85. The summed E-state index contributed by atoms with van der Waals surface area (Å²) in [5.74, 6) is -0.792. The van der Waals surface area contributed by atoms with Gasteiger partial charge in [-0.1, -0.05) is 38.1 Å². The number of rotatable bonds is 7. The largest absolute Gasteiger partial charge is 0.453 e. The first-order valence-electron chi connectivity index (χ1n) is 9.38. The molecular formula is C23H22N2O4. The van der Waals surface area contributed by atoms with Gasteiger partial charge in [-0.15, -0.1) is 0 Å². The summed E-state index contributed by atoms with van der Waals surface area (Å²) >= 11 is 0. The third-order valence-corrected chi connectivity index (χ3v) is 4.23. The minimum Gasteiger partial charge on any atom is -0.453 e. The minimum absolute atomic E-state index is 0.0732. The van der Waals surface area contributed by atoms with E-state index in [-0.39, 0.29) is 29.9 Å². The van der Waals surface area contributed by atoms with Gasteiger partial charge >= 0.3 is 5.97 Å². The molecule has 0 saturated heterocycles. The first-order valence-corrected chi connectivity index (χ1v) is 9.38. The van der Waals surface area contributed by atoms with Crippen molar-refractivity contribution >= 4 is 34.3 Å². The lowest BCUT2D eigenvalue weighted by atomic mass is 10.1. The number of nitrogens with zero attached hydrogens (tertiary/aromatic N) is 1. The molecule has 2 aromatic carbocycles. The molecule has 0 bridgehead atoms. The Hall–Kier alpha value is -3.54. The van der Waals surface area contributed by atoms with Crippen LogP contribution in [0.15, 0.2) is 60.7 Å². The number of ether oxygens (including phenoxy) is 1. The van der Waals surface area contributed by atoms with E-state index < -0.39 is 5.97 Å². The number of carbonyl (C=O) groups is 3. The van der Waals surface area contributed by atoms with Crippen molar-refractivity contribution in [2.24, 2.45) is 5.92 Å². The Labute approximate surface area is 168 Å². The first-order chi connectivity index (χ1) is 13.9. The SMILES string of the molecule is CC(C)CC(=O)Nc1ccc(C(=O)COC(=O)c2ccc3ccccc3n2)cc1. The highest BCUT2D eigenvalue weighted by Crippen LogP contribution is 2.14. The molecule has 3 rings (SSSR count). The fraction of sp³-hybridized carbons (Fsp3) is 0.217. The van der Waals surface area contributed by atoms with E-state index in [0.29, 0.717) is 23.2 Å². The molecule has 0 aliphatic carbocycles. The molecule has 0 spiro atoms. The maximum atomic E-state index is 12.3. The van der Waals surface area contributed by atoms with Crippen LogP contribution in [0.1, 0.15) is 41.1 Å². The second kappa shape index (κ2) is 9.10. The zero-order valence-electron chi connectivity index (χ0n) is 16.3. The molecule has 0 aliphatic heterocycles. The number of nitrogens with one attached hydrogen (secondary N) is 1. The van der Waals surface area contributed by atoms with Gasteiger partial charge in [-0.05, 0) is 42.3 Å². The number of hydrogen-bond acceptors (Lipinski definition) is 5. The lowest BCUT2D eigenvalue weighted by molar-refractivity contribution is -0.116. The number of amides is 1. The molecule has 0 aliphatic rings. The Morgan fingerprint density at radius 1 is 0.966 bits per heavy atom. The van der Waals surface area contributed by atoms with Crippen molar-refractivity contribution in [3.8, 4) is 0 Å². The summed E-state index contributed by atoms with van der Waals surface area (Å²) in [6.07, 6.45) is 0.430. The maximum Gasteiger partial charge on any atom is 0.357 e. The Kier molecular flexibility index (Phi) is 6.34. The average Bonchev–Trinajstić information content (AvgIpc) is 2.71. The highest BCUT2D eigenvalue weighted by atomic mass is 16.5. The van der Waals surface area contributed by atoms with Crippen molar-refractivity contribution in [1.29, 1.82) is 0 Å². The first kappa shape index (κ1) is 20.2. The van der Waals surface area contributed by atoms with E-state index in [9.17, 15) is 14.4 Å². The molecule has 0 atom stereocenters. The summed E-state index contributed by atoms with van der Waals surface area (Å²) < 4.78 is 5.11. The Morgan fingerprint density at radius 3 is 2.41 bits per heavy atom. The van der Waals surface area contributed by atoms with E-state index in [1.165, 1.54) is 0 Å². The third kappa shape index (κ3) is 5.48. The molecule has 0 radical (unpaired) electrons. The number of Topliss-reactive ketones (excluding diaryl/α,β-unsaturated/α-hetero) is 1. The van der Waals surface area contributed by atoms with Crippen molar-refractivity contribution < 1.29 is 19.1 Å². The number of fused-ring (bicyclic) bond motifs is 1. The Bertz CT molecular complexity index is 1040. The monoisotopic (exact) mass is 390 g/mol. The van der Waals surface area contributed by atoms with Gasteiger partial charge in [0.05, 0.1) is 5.52 Å². The van der Waals surface area contributed by atoms with E-state index >= 15 is 0 Å².